The summed E-state index contributed by atoms with van der Waals surface area (Å²) in [5, 5.41) is 12.0. The fourth-order valence-electron chi connectivity index (χ4n) is 5.00. The molecule has 0 radical (unpaired) electrons. The zero-order valence-electron chi connectivity index (χ0n) is 20.9. The van der Waals surface area contributed by atoms with Crippen LogP contribution in [0.5, 0.6) is 17.2 Å². The van der Waals surface area contributed by atoms with Crippen LogP contribution < -0.4 is 19.1 Å². The summed E-state index contributed by atoms with van der Waals surface area (Å²) < 4.78 is 16.6. The van der Waals surface area contributed by atoms with Crippen molar-refractivity contribution in [3.8, 4) is 17.2 Å². The lowest BCUT2D eigenvalue weighted by atomic mass is 9.94. The molecular formula is C29H26ClNO6. The highest BCUT2D eigenvalue weighted by Gasteiger charge is 2.47. The van der Waals surface area contributed by atoms with E-state index in [-0.39, 0.29) is 17.4 Å². The molecule has 2 heterocycles. The van der Waals surface area contributed by atoms with Crippen LogP contribution in [0.25, 0.3) is 5.76 Å². The molecule has 3 aromatic carbocycles. The van der Waals surface area contributed by atoms with E-state index >= 15 is 0 Å². The number of halogens is 1. The molecule has 2 unspecified atom stereocenters. The molecule has 3 aromatic rings. The Hall–Kier alpha value is -3.97. The smallest absolute Gasteiger partial charge is 0.300 e. The molecule has 0 spiro atoms. The van der Waals surface area contributed by atoms with Crippen LogP contribution in [0.15, 0.2) is 60.2 Å². The number of aliphatic hydroxyl groups is 1. The van der Waals surface area contributed by atoms with Crippen LogP contribution in [0.3, 0.4) is 0 Å². The fraction of sp³-hybridized carbons (Fsp3) is 0.241. The first-order valence-corrected chi connectivity index (χ1v) is 12.2. The number of anilines is 1. The van der Waals surface area contributed by atoms with E-state index in [0.717, 1.165) is 11.3 Å². The molecule has 2 aliphatic rings. The van der Waals surface area contributed by atoms with Crippen LogP contribution in [0.4, 0.5) is 5.69 Å². The lowest BCUT2D eigenvalue weighted by molar-refractivity contribution is -0.132. The summed E-state index contributed by atoms with van der Waals surface area (Å²) in [6, 6.07) is 14.7. The molecule has 190 valence electrons. The highest BCUT2D eigenvalue weighted by Crippen LogP contribution is 2.46. The SMILES string of the molecule is COc1ccc(C2/C(=C(\O)c3ccc4c(c3)CC(C)O4)C(=O)C(=O)N2c2cccc(Cl)c2C)cc1OC. The van der Waals surface area contributed by atoms with Crippen LogP contribution in [0, 0.1) is 6.92 Å². The number of hydrogen-bond donors (Lipinski definition) is 1. The summed E-state index contributed by atoms with van der Waals surface area (Å²) in [6.07, 6.45) is 0.710. The van der Waals surface area contributed by atoms with Crippen LogP contribution in [-0.4, -0.2) is 37.1 Å². The van der Waals surface area contributed by atoms with E-state index in [4.69, 9.17) is 25.8 Å². The van der Waals surface area contributed by atoms with E-state index in [9.17, 15) is 14.7 Å². The lowest BCUT2D eigenvalue weighted by Crippen LogP contribution is -2.30. The average Bonchev–Trinajstić information content (AvgIpc) is 3.40. The van der Waals surface area contributed by atoms with Gasteiger partial charge in [-0.25, -0.2) is 0 Å². The number of rotatable bonds is 5. The summed E-state index contributed by atoms with van der Waals surface area (Å²) in [5.41, 5.74) is 3.02. The van der Waals surface area contributed by atoms with Crippen molar-refractivity contribution in [2.75, 3.05) is 19.1 Å². The van der Waals surface area contributed by atoms with Crippen molar-refractivity contribution >= 4 is 34.7 Å². The maximum absolute atomic E-state index is 13.5. The molecule has 0 aliphatic carbocycles. The van der Waals surface area contributed by atoms with Crippen LogP contribution in [-0.2, 0) is 16.0 Å². The summed E-state index contributed by atoms with van der Waals surface area (Å²) in [7, 11) is 3.03. The molecule has 0 saturated carbocycles. The zero-order chi connectivity index (χ0) is 26.4. The summed E-state index contributed by atoms with van der Waals surface area (Å²) in [6.45, 7) is 3.75. The number of benzene rings is 3. The predicted molar refractivity (Wildman–Crippen MR) is 141 cm³/mol. The second-order valence-corrected chi connectivity index (χ2v) is 9.53. The first-order chi connectivity index (χ1) is 17.7. The van der Waals surface area contributed by atoms with Crippen molar-refractivity contribution in [2.45, 2.75) is 32.4 Å². The number of ketones is 1. The van der Waals surface area contributed by atoms with E-state index < -0.39 is 17.7 Å². The van der Waals surface area contributed by atoms with E-state index in [1.54, 1.807) is 61.5 Å². The number of methoxy groups -OCH3 is 2. The maximum Gasteiger partial charge on any atom is 0.300 e. The summed E-state index contributed by atoms with van der Waals surface area (Å²) in [4.78, 5) is 28.4. The van der Waals surface area contributed by atoms with Gasteiger partial charge in [-0.1, -0.05) is 23.7 Å². The predicted octanol–water partition coefficient (Wildman–Crippen LogP) is 5.62. The van der Waals surface area contributed by atoms with E-state index in [1.165, 1.54) is 19.1 Å². The molecule has 2 atom stereocenters. The van der Waals surface area contributed by atoms with Crippen molar-refractivity contribution in [1.82, 2.24) is 0 Å². The normalized spacial score (nSPS) is 20.1. The molecular weight excluding hydrogens is 494 g/mol. The van der Waals surface area contributed by atoms with Gasteiger partial charge in [0.15, 0.2) is 11.5 Å². The Morgan fingerprint density at radius 3 is 2.54 bits per heavy atom. The third kappa shape index (κ3) is 4.09. The number of Topliss-reactive ketones (excluding diaryl/α,β-unsaturated/α-hetero) is 1. The van der Waals surface area contributed by atoms with Gasteiger partial charge in [-0.3, -0.25) is 14.5 Å². The Morgan fingerprint density at radius 2 is 1.81 bits per heavy atom. The molecule has 0 aromatic heterocycles. The Labute approximate surface area is 219 Å². The molecule has 2 aliphatic heterocycles. The highest BCUT2D eigenvalue weighted by atomic mass is 35.5. The molecule has 0 bridgehead atoms. The first kappa shape index (κ1) is 24.7. The third-order valence-corrected chi connectivity index (χ3v) is 7.25. The van der Waals surface area contributed by atoms with Gasteiger partial charge in [0.25, 0.3) is 11.7 Å². The minimum Gasteiger partial charge on any atom is -0.507 e. The summed E-state index contributed by atoms with van der Waals surface area (Å²) >= 11 is 6.39. The number of nitrogens with zero attached hydrogens (tertiary/aromatic N) is 1. The second-order valence-electron chi connectivity index (χ2n) is 9.12. The van der Waals surface area contributed by atoms with E-state index in [0.29, 0.717) is 45.3 Å². The number of fused-ring (bicyclic) bond motifs is 1. The van der Waals surface area contributed by atoms with Gasteiger partial charge in [-0.15, -0.1) is 0 Å². The zero-order valence-corrected chi connectivity index (χ0v) is 21.6. The number of aliphatic hydroxyl groups excluding tert-OH is 1. The van der Waals surface area contributed by atoms with Gasteiger partial charge in [0.2, 0.25) is 0 Å². The van der Waals surface area contributed by atoms with E-state index in [2.05, 4.69) is 0 Å². The van der Waals surface area contributed by atoms with Crippen molar-refractivity contribution < 1.29 is 28.9 Å². The van der Waals surface area contributed by atoms with Crippen molar-refractivity contribution in [1.29, 1.82) is 0 Å². The third-order valence-electron chi connectivity index (χ3n) is 6.84. The Balaban J connectivity index is 1.74. The highest BCUT2D eigenvalue weighted by molar-refractivity contribution is 6.52. The number of ether oxygens (including phenoxy) is 3. The summed E-state index contributed by atoms with van der Waals surface area (Å²) in [5.74, 6) is -0.142. The number of carbonyl (C=O) groups is 2. The van der Waals surface area contributed by atoms with Crippen LogP contribution >= 0.6 is 11.6 Å². The Morgan fingerprint density at radius 1 is 1.05 bits per heavy atom. The van der Waals surface area contributed by atoms with E-state index in [1.807, 2.05) is 6.92 Å². The minimum absolute atomic E-state index is 0.0237. The van der Waals surface area contributed by atoms with Gasteiger partial charge < -0.3 is 19.3 Å². The fourth-order valence-corrected chi connectivity index (χ4v) is 5.17. The molecule has 8 heteroatoms. The number of hydrogen-bond acceptors (Lipinski definition) is 6. The molecule has 1 N–H and O–H groups in total. The molecule has 1 saturated heterocycles. The molecule has 5 rings (SSSR count). The first-order valence-electron chi connectivity index (χ1n) is 11.8. The second kappa shape index (κ2) is 9.48. The van der Waals surface area contributed by atoms with Gasteiger partial charge in [0.1, 0.15) is 17.6 Å². The monoisotopic (exact) mass is 519 g/mol. The standard InChI is InChI=1S/C29H26ClNO6/c1-15-12-19-13-18(9-10-22(19)37-15)27(32)25-26(17-8-11-23(35-3)24(14-17)36-4)31(29(34)28(25)33)21-7-5-6-20(30)16(21)2/h5-11,13-15,26,32H,12H2,1-4H3/b27-25+. The van der Waals surface area contributed by atoms with Crippen molar-refractivity contribution in [3.63, 3.8) is 0 Å². The molecule has 7 nitrogen and oxygen atoms in total. The van der Waals surface area contributed by atoms with Crippen molar-refractivity contribution in [2.24, 2.45) is 0 Å². The van der Waals surface area contributed by atoms with Gasteiger partial charge in [-0.2, -0.15) is 0 Å². The van der Waals surface area contributed by atoms with Crippen LogP contribution in [0.2, 0.25) is 5.02 Å². The Bertz CT molecular complexity index is 1460. The van der Waals surface area contributed by atoms with Gasteiger partial charge in [0, 0.05) is 22.7 Å². The maximum atomic E-state index is 13.5. The molecule has 1 fully saturated rings. The van der Waals surface area contributed by atoms with Crippen LogP contribution in [0.1, 0.15) is 35.2 Å². The van der Waals surface area contributed by atoms with Gasteiger partial charge >= 0.3 is 0 Å². The topological polar surface area (TPSA) is 85.3 Å². The average molecular weight is 520 g/mol. The number of amides is 1. The lowest BCUT2D eigenvalue weighted by Gasteiger charge is -2.27. The number of carbonyl (C=O) groups excluding carboxylic acids is 2. The largest absolute Gasteiger partial charge is 0.507 e. The molecule has 1 amide bonds. The van der Waals surface area contributed by atoms with Gasteiger partial charge in [0.05, 0.1) is 25.8 Å². The quantitative estimate of drug-likeness (QED) is 0.268. The van der Waals surface area contributed by atoms with Crippen molar-refractivity contribution in [3.05, 3.63) is 87.4 Å². The minimum atomic E-state index is -0.930. The van der Waals surface area contributed by atoms with Gasteiger partial charge in [-0.05, 0) is 73.0 Å². The Kier molecular flexibility index (Phi) is 6.33. The molecule has 37 heavy (non-hydrogen) atoms.